The number of hydrogen-bond acceptors (Lipinski definition) is 2. The normalized spacial score (nSPS) is 19.6. The Balaban J connectivity index is 2.90. The molecule has 0 atom stereocenters. The molecule has 1 rings (SSSR count). The molecule has 0 aromatic carbocycles. The maximum absolute atomic E-state index is 10.9. The second-order valence-electron chi connectivity index (χ2n) is 7.01. The van der Waals surface area contributed by atoms with E-state index in [2.05, 4.69) is 32.9 Å². The zero-order valence-electron chi connectivity index (χ0n) is 15.3. The molecule has 0 aliphatic heterocycles. The number of nitrogens with zero attached hydrogens (tertiary/aromatic N) is 1. The lowest BCUT2D eigenvalue weighted by molar-refractivity contribution is -0.132. The lowest BCUT2D eigenvalue weighted by atomic mass is 9.72. The van der Waals surface area contributed by atoms with Crippen LogP contribution in [-0.4, -0.2) is 11.1 Å². The highest BCUT2D eigenvalue weighted by Crippen LogP contribution is 2.40. The molecule has 0 saturated heterocycles. The Morgan fingerprint density at radius 2 is 1.96 bits per heavy atom. The first-order valence-electron chi connectivity index (χ1n) is 8.26. The van der Waals surface area contributed by atoms with E-state index < -0.39 is 5.97 Å². The molecule has 3 nitrogen and oxygen atoms in total. The molecule has 0 radical (unpaired) electrons. The van der Waals surface area contributed by atoms with Gasteiger partial charge in [-0.3, -0.25) is 0 Å². The van der Waals surface area contributed by atoms with Crippen LogP contribution in [0.25, 0.3) is 0 Å². The maximum Gasteiger partial charge on any atom is 0.346 e. The van der Waals surface area contributed by atoms with Crippen molar-refractivity contribution in [3.05, 3.63) is 58.2 Å². The Morgan fingerprint density at radius 1 is 1.29 bits per heavy atom. The molecule has 0 aromatic heterocycles. The van der Waals surface area contributed by atoms with Crippen molar-refractivity contribution in [1.82, 2.24) is 0 Å². The van der Waals surface area contributed by atoms with Crippen molar-refractivity contribution in [3.8, 4) is 6.07 Å². The Bertz CT molecular complexity index is 692. The van der Waals surface area contributed by atoms with Crippen molar-refractivity contribution >= 4 is 5.97 Å². The van der Waals surface area contributed by atoms with Gasteiger partial charge in [0, 0.05) is 0 Å². The number of nitriles is 1. The molecular weight excluding hydrogens is 298 g/mol. The molecule has 0 unspecified atom stereocenters. The van der Waals surface area contributed by atoms with Gasteiger partial charge in [0.25, 0.3) is 0 Å². The second kappa shape index (κ2) is 8.49. The Morgan fingerprint density at radius 3 is 2.50 bits per heavy atom. The van der Waals surface area contributed by atoms with E-state index in [0.717, 1.165) is 5.57 Å². The molecule has 1 aliphatic rings. The van der Waals surface area contributed by atoms with Crippen molar-refractivity contribution in [2.24, 2.45) is 5.41 Å². The van der Waals surface area contributed by atoms with E-state index in [4.69, 9.17) is 10.4 Å². The van der Waals surface area contributed by atoms with Crippen molar-refractivity contribution in [1.29, 1.82) is 5.26 Å². The number of carboxylic acids is 1. The predicted octanol–water partition coefficient (Wildman–Crippen LogP) is 5.50. The van der Waals surface area contributed by atoms with Crippen LogP contribution in [0.1, 0.15) is 53.9 Å². The fourth-order valence-electron chi connectivity index (χ4n) is 3.01. The first-order valence-corrected chi connectivity index (χ1v) is 8.26. The quantitative estimate of drug-likeness (QED) is 0.412. The van der Waals surface area contributed by atoms with Gasteiger partial charge in [0.1, 0.15) is 11.6 Å². The Labute approximate surface area is 145 Å². The summed E-state index contributed by atoms with van der Waals surface area (Å²) in [5, 5.41) is 17.7. The molecule has 1 N–H and O–H groups in total. The van der Waals surface area contributed by atoms with Crippen LogP contribution in [0.3, 0.4) is 0 Å². The van der Waals surface area contributed by atoms with Crippen molar-refractivity contribution < 1.29 is 9.90 Å². The summed E-state index contributed by atoms with van der Waals surface area (Å²) in [4.78, 5) is 10.9. The summed E-state index contributed by atoms with van der Waals surface area (Å²) in [6.45, 7) is 10.4. The van der Waals surface area contributed by atoms with Gasteiger partial charge >= 0.3 is 5.97 Å². The van der Waals surface area contributed by atoms with Gasteiger partial charge in [-0.05, 0) is 56.6 Å². The lowest BCUT2D eigenvalue weighted by Crippen LogP contribution is -2.19. The first-order chi connectivity index (χ1) is 11.2. The van der Waals surface area contributed by atoms with Crippen LogP contribution < -0.4 is 0 Å². The van der Waals surface area contributed by atoms with Gasteiger partial charge in [-0.1, -0.05) is 55.4 Å². The number of hydrogen-bond donors (Lipinski definition) is 1. The summed E-state index contributed by atoms with van der Waals surface area (Å²) < 4.78 is 0. The minimum absolute atomic E-state index is 0.220. The van der Waals surface area contributed by atoms with E-state index in [1.54, 1.807) is 25.1 Å². The summed E-state index contributed by atoms with van der Waals surface area (Å²) in [5.74, 6) is -1.19. The largest absolute Gasteiger partial charge is 0.477 e. The van der Waals surface area contributed by atoms with E-state index in [0.29, 0.717) is 5.57 Å². The number of aliphatic carboxylic acids is 1. The molecule has 0 aromatic rings. The van der Waals surface area contributed by atoms with Gasteiger partial charge < -0.3 is 5.11 Å². The fraction of sp³-hybridized carbons (Fsp3) is 0.429. The van der Waals surface area contributed by atoms with Gasteiger partial charge in [-0.15, -0.1) is 0 Å². The SMILES string of the molecule is CC1=C(/C=C/C(C)=C/C=C/C(C)=C(\C#N)C(=O)O)C(C)(C)CCC1. The molecule has 1 aliphatic carbocycles. The van der Waals surface area contributed by atoms with Crippen LogP contribution in [0.2, 0.25) is 0 Å². The predicted molar refractivity (Wildman–Crippen MR) is 98.3 cm³/mol. The monoisotopic (exact) mass is 325 g/mol. The summed E-state index contributed by atoms with van der Waals surface area (Å²) in [5.41, 5.74) is 4.40. The van der Waals surface area contributed by atoms with E-state index in [9.17, 15) is 4.79 Å². The molecule has 128 valence electrons. The topological polar surface area (TPSA) is 61.1 Å². The highest BCUT2D eigenvalue weighted by Gasteiger charge is 2.26. The molecule has 0 bridgehead atoms. The summed E-state index contributed by atoms with van der Waals surface area (Å²) in [6, 6.07) is 1.71. The molecule has 0 saturated carbocycles. The number of rotatable bonds is 5. The highest BCUT2D eigenvalue weighted by molar-refractivity contribution is 5.92. The molecule has 0 spiro atoms. The number of allylic oxidation sites excluding steroid dienone is 9. The third-order valence-corrected chi connectivity index (χ3v) is 4.48. The van der Waals surface area contributed by atoms with E-state index in [1.165, 1.54) is 30.4 Å². The van der Waals surface area contributed by atoms with Crippen LogP contribution in [0, 0.1) is 16.7 Å². The lowest BCUT2D eigenvalue weighted by Gasteiger charge is -2.32. The van der Waals surface area contributed by atoms with Gasteiger partial charge in [0.15, 0.2) is 0 Å². The molecule has 24 heavy (non-hydrogen) atoms. The van der Waals surface area contributed by atoms with Crippen molar-refractivity contribution in [2.75, 3.05) is 0 Å². The minimum Gasteiger partial charge on any atom is -0.477 e. The van der Waals surface area contributed by atoms with Gasteiger partial charge in [0.2, 0.25) is 0 Å². The highest BCUT2D eigenvalue weighted by atomic mass is 16.4. The van der Waals surface area contributed by atoms with Crippen LogP contribution in [0.15, 0.2) is 58.2 Å². The standard InChI is InChI=1S/C21H27NO2/c1-15(8-6-9-16(2)18(14-22)20(23)24)11-12-19-17(3)10-7-13-21(19,4)5/h6,8-9,11-12H,7,10,13H2,1-5H3,(H,23,24)/b9-6+,12-11+,15-8+,18-16+. The molecular formula is C21H27NO2. The van der Waals surface area contributed by atoms with Gasteiger partial charge in [-0.2, -0.15) is 5.26 Å². The van der Waals surface area contributed by atoms with Crippen LogP contribution in [-0.2, 0) is 4.79 Å². The van der Waals surface area contributed by atoms with Crippen LogP contribution in [0.4, 0.5) is 0 Å². The van der Waals surface area contributed by atoms with Crippen LogP contribution in [0.5, 0.6) is 0 Å². The summed E-state index contributed by atoms with van der Waals surface area (Å²) in [7, 11) is 0. The Hall–Kier alpha value is -2.34. The third kappa shape index (κ3) is 5.38. The van der Waals surface area contributed by atoms with Crippen LogP contribution >= 0.6 is 0 Å². The minimum atomic E-state index is -1.19. The zero-order chi connectivity index (χ0) is 18.3. The second-order valence-corrected chi connectivity index (χ2v) is 7.01. The summed E-state index contributed by atoms with van der Waals surface area (Å²) in [6.07, 6.45) is 13.3. The fourth-order valence-corrected chi connectivity index (χ4v) is 3.01. The smallest absolute Gasteiger partial charge is 0.346 e. The molecule has 0 amide bonds. The number of carbonyl (C=O) groups is 1. The summed E-state index contributed by atoms with van der Waals surface area (Å²) >= 11 is 0. The van der Waals surface area contributed by atoms with E-state index in [1.807, 2.05) is 13.0 Å². The third-order valence-electron chi connectivity index (χ3n) is 4.48. The average Bonchev–Trinajstić information content (AvgIpc) is 2.46. The van der Waals surface area contributed by atoms with E-state index >= 15 is 0 Å². The van der Waals surface area contributed by atoms with Gasteiger partial charge in [0.05, 0.1) is 0 Å². The van der Waals surface area contributed by atoms with Crippen molar-refractivity contribution in [2.45, 2.75) is 53.9 Å². The first kappa shape index (κ1) is 19.7. The molecule has 3 heteroatoms. The van der Waals surface area contributed by atoms with Crippen molar-refractivity contribution in [3.63, 3.8) is 0 Å². The molecule has 0 heterocycles. The van der Waals surface area contributed by atoms with E-state index in [-0.39, 0.29) is 11.0 Å². The maximum atomic E-state index is 10.9. The number of carboxylic acid groups (broad SMARTS) is 1. The molecule has 0 fully saturated rings. The zero-order valence-corrected chi connectivity index (χ0v) is 15.3. The Kier molecular flexibility index (Phi) is 6.97. The van der Waals surface area contributed by atoms with Gasteiger partial charge in [-0.25, -0.2) is 4.79 Å². The average molecular weight is 325 g/mol.